The molecule has 0 aliphatic carbocycles. The van der Waals surface area contributed by atoms with Crippen LogP contribution in [0.25, 0.3) is 0 Å². The number of carboxylic acids is 1. The smallest absolute Gasteiger partial charge is 0.412 e. The number of carbonyl (C=O) groups excluding carboxylic acids is 1. The monoisotopic (exact) mass is 251 g/mol. The van der Waals surface area contributed by atoms with E-state index in [0.29, 0.717) is 0 Å². The van der Waals surface area contributed by atoms with Crippen LogP contribution in [0.3, 0.4) is 0 Å². The van der Waals surface area contributed by atoms with E-state index in [-0.39, 0.29) is 19.9 Å². The van der Waals surface area contributed by atoms with E-state index in [1.807, 2.05) is 30.3 Å². The van der Waals surface area contributed by atoms with Crippen molar-refractivity contribution in [3.63, 3.8) is 0 Å². The average Bonchev–Trinajstić information content (AvgIpc) is 2.86. The third kappa shape index (κ3) is 2.78. The van der Waals surface area contributed by atoms with Crippen molar-refractivity contribution in [2.75, 3.05) is 13.3 Å². The van der Waals surface area contributed by atoms with Gasteiger partial charge in [-0.1, -0.05) is 30.3 Å². The number of nitrogens with zero attached hydrogens (tertiary/aromatic N) is 1. The second-order valence-electron chi connectivity index (χ2n) is 3.86. The Labute approximate surface area is 104 Å². The molecule has 0 unspecified atom stereocenters. The Bertz CT molecular complexity index is 433. The second kappa shape index (κ2) is 5.50. The predicted molar refractivity (Wildman–Crippen MR) is 60.7 cm³/mol. The number of carboxylic acid groups (broad SMARTS) is 1. The van der Waals surface area contributed by atoms with Crippen molar-refractivity contribution in [2.24, 2.45) is 0 Å². The number of benzene rings is 1. The molecule has 96 valence electrons. The first-order chi connectivity index (χ1) is 8.68. The summed E-state index contributed by atoms with van der Waals surface area (Å²) < 4.78 is 9.98. The Balaban J connectivity index is 1.90. The van der Waals surface area contributed by atoms with E-state index < -0.39 is 18.1 Å². The van der Waals surface area contributed by atoms with Crippen LogP contribution in [-0.2, 0) is 20.9 Å². The highest BCUT2D eigenvalue weighted by molar-refractivity contribution is 5.80. The van der Waals surface area contributed by atoms with Gasteiger partial charge in [0.15, 0.2) is 6.04 Å². The van der Waals surface area contributed by atoms with Crippen molar-refractivity contribution in [1.29, 1.82) is 0 Å². The fourth-order valence-electron chi connectivity index (χ4n) is 1.63. The van der Waals surface area contributed by atoms with Gasteiger partial charge in [0, 0.05) is 0 Å². The van der Waals surface area contributed by atoms with Crippen LogP contribution in [0.1, 0.15) is 5.56 Å². The Morgan fingerprint density at radius 1 is 1.39 bits per heavy atom. The number of rotatable bonds is 3. The first-order valence-electron chi connectivity index (χ1n) is 5.46. The maximum atomic E-state index is 11.7. The van der Waals surface area contributed by atoms with Gasteiger partial charge < -0.3 is 14.6 Å². The predicted octanol–water partition coefficient (Wildman–Crippen LogP) is 1.07. The summed E-state index contributed by atoms with van der Waals surface area (Å²) in [4.78, 5) is 23.6. The van der Waals surface area contributed by atoms with Gasteiger partial charge in [-0.25, -0.2) is 9.59 Å². The molecule has 1 aromatic carbocycles. The summed E-state index contributed by atoms with van der Waals surface area (Å²) in [5.74, 6) is -1.09. The first-order valence-corrected chi connectivity index (χ1v) is 5.46. The molecule has 0 aromatic heterocycles. The van der Waals surface area contributed by atoms with Crippen molar-refractivity contribution >= 4 is 12.1 Å². The van der Waals surface area contributed by atoms with Gasteiger partial charge in [0.25, 0.3) is 0 Å². The lowest BCUT2D eigenvalue weighted by Gasteiger charge is -2.18. The molecule has 1 aliphatic heterocycles. The summed E-state index contributed by atoms with van der Waals surface area (Å²) in [5, 5.41) is 8.89. The van der Waals surface area contributed by atoms with E-state index in [2.05, 4.69) is 0 Å². The first kappa shape index (κ1) is 12.4. The zero-order valence-electron chi connectivity index (χ0n) is 9.61. The van der Waals surface area contributed by atoms with E-state index in [4.69, 9.17) is 14.6 Å². The van der Waals surface area contributed by atoms with Crippen molar-refractivity contribution < 1.29 is 24.2 Å². The molecule has 1 aromatic rings. The quantitative estimate of drug-likeness (QED) is 0.869. The van der Waals surface area contributed by atoms with Crippen LogP contribution >= 0.6 is 0 Å². The zero-order chi connectivity index (χ0) is 13.0. The normalized spacial score (nSPS) is 18.7. The minimum absolute atomic E-state index is 0.00420. The molecule has 1 N–H and O–H groups in total. The molecule has 1 aliphatic rings. The molecular formula is C12H13NO5. The van der Waals surface area contributed by atoms with Crippen molar-refractivity contribution in [3.05, 3.63) is 35.9 Å². The third-order valence-corrected chi connectivity index (χ3v) is 2.61. The molecule has 1 saturated heterocycles. The molecule has 2 rings (SSSR count). The number of aliphatic carboxylic acids is 1. The average molecular weight is 251 g/mol. The molecule has 0 saturated carbocycles. The summed E-state index contributed by atoms with van der Waals surface area (Å²) in [6.07, 6.45) is -0.677. The van der Waals surface area contributed by atoms with Crippen LogP contribution in [0.2, 0.25) is 0 Å². The molecular weight excluding hydrogens is 238 g/mol. The van der Waals surface area contributed by atoms with Crippen LogP contribution in [0.15, 0.2) is 30.3 Å². The largest absolute Gasteiger partial charge is 0.480 e. The van der Waals surface area contributed by atoms with Crippen LogP contribution in [0.4, 0.5) is 4.79 Å². The van der Waals surface area contributed by atoms with E-state index >= 15 is 0 Å². The lowest BCUT2D eigenvalue weighted by Crippen LogP contribution is -2.41. The van der Waals surface area contributed by atoms with E-state index in [9.17, 15) is 9.59 Å². The summed E-state index contributed by atoms with van der Waals surface area (Å²) in [7, 11) is 0. The highest BCUT2D eigenvalue weighted by Gasteiger charge is 2.36. The van der Waals surface area contributed by atoms with Gasteiger partial charge in [-0.2, -0.15) is 0 Å². The SMILES string of the molecule is O=C(O)[C@H]1COCN1C(=O)OCc1ccccc1. The minimum Gasteiger partial charge on any atom is -0.480 e. The topological polar surface area (TPSA) is 76.1 Å². The van der Waals surface area contributed by atoms with Gasteiger partial charge in [0.2, 0.25) is 0 Å². The maximum absolute atomic E-state index is 11.7. The van der Waals surface area contributed by atoms with Gasteiger partial charge in [-0.15, -0.1) is 0 Å². The minimum atomic E-state index is -1.09. The highest BCUT2D eigenvalue weighted by atomic mass is 16.6. The Hall–Kier alpha value is -2.08. The molecule has 1 atom stereocenters. The van der Waals surface area contributed by atoms with Gasteiger partial charge in [0.05, 0.1) is 6.61 Å². The fourth-order valence-corrected chi connectivity index (χ4v) is 1.63. The van der Waals surface area contributed by atoms with Gasteiger partial charge in [-0.3, -0.25) is 4.90 Å². The molecule has 0 radical (unpaired) electrons. The molecule has 0 spiro atoms. The highest BCUT2D eigenvalue weighted by Crippen LogP contribution is 2.12. The molecule has 0 bridgehead atoms. The van der Waals surface area contributed by atoms with Crippen LogP contribution in [-0.4, -0.2) is 41.4 Å². The van der Waals surface area contributed by atoms with Crippen LogP contribution < -0.4 is 0 Å². The molecule has 18 heavy (non-hydrogen) atoms. The molecule has 6 nitrogen and oxygen atoms in total. The molecule has 1 fully saturated rings. The Morgan fingerprint density at radius 2 is 2.11 bits per heavy atom. The Morgan fingerprint density at radius 3 is 2.78 bits per heavy atom. The van der Waals surface area contributed by atoms with Crippen molar-refractivity contribution in [1.82, 2.24) is 4.90 Å². The fraction of sp³-hybridized carbons (Fsp3) is 0.333. The van der Waals surface area contributed by atoms with Crippen molar-refractivity contribution in [2.45, 2.75) is 12.6 Å². The standard InChI is InChI=1S/C12H13NO5/c14-11(15)10-7-17-8-13(10)12(16)18-6-9-4-2-1-3-5-9/h1-5,10H,6-8H2,(H,14,15)/t10-/m1/s1. The lowest BCUT2D eigenvalue weighted by atomic mass is 10.2. The number of hydrogen-bond acceptors (Lipinski definition) is 4. The lowest BCUT2D eigenvalue weighted by molar-refractivity contribution is -0.141. The molecule has 1 amide bonds. The molecule has 6 heteroatoms. The second-order valence-corrected chi connectivity index (χ2v) is 3.86. The van der Waals surface area contributed by atoms with E-state index in [1.165, 1.54) is 0 Å². The van der Waals surface area contributed by atoms with Gasteiger partial charge in [-0.05, 0) is 5.56 Å². The summed E-state index contributed by atoms with van der Waals surface area (Å²) in [6, 6.07) is 8.21. The van der Waals surface area contributed by atoms with Crippen molar-refractivity contribution in [3.8, 4) is 0 Å². The van der Waals surface area contributed by atoms with Crippen LogP contribution in [0.5, 0.6) is 0 Å². The molecule has 1 heterocycles. The van der Waals surface area contributed by atoms with Gasteiger partial charge in [0.1, 0.15) is 13.3 Å². The maximum Gasteiger partial charge on any atom is 0.412 e. The third-order valence-electron chi connectivity index (χ3n) is 2.61. The summed E-state index contributed by atoms with van der Waals surface area (Å²) >= 11 is 0. The van der Waals surface area contributed by atoms with Gasteiger partial charge >= 0.3 is 12.1 Å². The number of ether oxygens (including phenoxy) is 2. The zero-order valence-corrected chi connectivity index (χ0v) is 9.61. The Kier molecular flexibility index (Phi) is 3.78. The number of amides is 1. The summed E-state index contributed by atoms with van der Waals surface area (Å²) in [5.41, 5.74) is 0.845. The van der Waals surface area contributed by atoms with E-state index in [1.54, 1.807) is 0 Å². The number of carbonyl (C=O) groups is 2. The van der Waals surface area contributed by atoms with Crippen LogP contribution in [0, 0.1) is 0 Å². The number of hydrogen-bond donors (Lipinski definition) is 1. The van der Waals surface area contributed by atoms with E-state index in [0.717, 1.165) is 10.5 Å². The summed E-state index contributed by atoms with van der Waals surface area (Å²) in [6.45, 7) is 0.0584.